The van der Waals surface area contributed by atoms with E-state index in [0.717, 1.165) is 100 Å². The Hall–Kier alpha value is -2.28. The molecule has 4 aliphatic carbocycles. The zero-order chi connectivity index (χ0) is 31.1. The highest BCUT2D eigenvalue weighted by Crippen LogP contribution is 2.66. The van der Waals surface area contributed by atoms with Gasteiger partial charge >= 0.3 is 5.97 Å². The second-order valence-electron chi connectivity index (χ2n) is 15.5. The SMILES string of the molecule is CCCCCN(C(=O)CCCCC1CCCCC1)[C@@H]1CC[C@H]2[C@H]3Cc4c(O)cc(OC(C)=O)c5c4[C@@]2(CCN3CC2CC2)[C@H]1O5. The van der Waals surface area contributed by atoms with Crippen molar-refractivity contribution >= 4 is 11.9 Å². The van der Waals surface area contributed by atoms with Crippen LogP contribution in [0.2, 0.25) is 0 Å². The summed E-state index contributed by atoms with van der Waals surface area (Å²) in [6.07, 6.45) is 20.4. The molecule has 5 atom stereocenters. The number of amides is 1. The Balaban J connectivity index is 1.18. The molecule has 1 saturated heterocycles. The van der Waals surface area contributed by atoms with Gasteiger partial charge < -0.3 is 19.5 Å². The molecule has 2 aliphatic heterocycles. The van der Waals surface area contributed by atoms with E-state index in [4.69, 9.17) is 9.47 Å². The Kier molecular flexibility index (Phi) is 9.11. The predicted molar refractivity (Wildman–Crippen MR) is 175 cm³/mol. The van der Waals surface area contributed by atoms with E-state index in [1.54, 1.807) is 6.07 Å². The van der Waals surface area contributed by atoms with Crippen LogP contribution in [0.5, 0.6) is 17.2 Å². The summed E-state index contributed by atoms with van der Waals surface area (Å²) in [5, 5.41) is 11.4. The van der Waals surface area contributed by atoms with Crippen molar-refractivity contribution in [1.29, 1.82) is 0 Å². The largest absolute Gasteiger partial charge is 0.508 e. The van der Waals surface area contributed by atoms with Crippen molar-refractivity contribution in [1.82, 2.24) is 9.80 Å². The third-order valence-corrected chi connectivity index (χ3v) is 12.6. The monoisotopic (exact) mass is 620 g/mol. The molecule has 1 spiro atoms. The number of esters is 1. The van der Waals surface area contributed by atoms with Gasteiger partial charge in [-0.05, 0) is 75.7 Å². The van der Waals surface area contributed by atoms with E-state index in [0.29, 0.717) is 29.9 Å². The van der Waals surface area contributed by atoms with Gasteiger partial charge in [-0.15, -0.1) is 0 Å². The maximum Gasteiger partial charge on any atom is 0.308 e. The van der Waals surface area contributed by atoms with Gasteiger partial charge in [-0.25, -0.2) is 0 Å². The lowest BCUT2D eigenvalue weighted by Gasteiger charge is -2.60. The summed E-state index contributed by atoms with van der Waals surface area (Å²) < 4.78 is 12.7. The summed E-state index contributed by atoms with van der Waals surface area (Å²) in [5.41, 5.74) is 1.81. The molecule has 3 saturated carbocycles. The van der Waals surface area contributed by atoms with Crippen LogP contribution in [0, 0.1) is 17.8 Å². The second-order valence-corrected chi connectivity index (χ2v) is 15.5. The van der Waals surface area contributed by atoms with Gasteiger partial charge in [0, 0.05) is 55.1 Å². The minimum absolute atomic E-state index is 0.00902. The molecule has 0 radical (unpaired) electrons. The number of nitrogens with zero attached hydrogens (tertiary/aromatic N) is 2. The molecule has 7 rings (SSSR count). The molecule has 4 fully saturated rings. The van der Waals surface area contributed by atoms with Crippen LogP contribution < -0.4 is 9.47 Å². The number of likely N-dealkylation sites (tertiary alicyclic amines) is 1. The molecule has 2 bridgehead atoms. The number of hydrogen-bond acceptors (Lipinski definition) is 6. The Morgan fingerprint density at radius 3 is 2.62 bits per heavy atom. The van der Waals surface area contributed by atoms with Crippen LogP contribution in [0.25, 0.3) is 0 Å². The Labute approximate surface area is 270 Å². The first-order chi connectivity index (χ1) is 21.9. The quantitative estimate of drug-likeness (QED) is 0.142. The van der Waals surface area contributed by atoms with Crippen molar-refractivity contribution in [2.24, 2.45) is 17.8 Å². The summed E-state index contributed by atoms with van der Waals surface area (Å²) in [7, 11) is 0. The number of benzene rings is 1. The minimum atomic E-state index is -0.410. The molecule has 1 aromatic carbocycles. The van der Waals surface area contributed by atoms with Gasteiger partial charge in [0.15, 0.2) is 11.5 Å². The van der Waals surface area contributed by atoms with Gasteiger partial charge in [-0.2, -0.15) is 0 Å². The number of phenols is 1. The molecule has 1 aromatic rings. The smallest absolute Gasteiger partial charge is 0.308 e. The fourth-order valence-corrected chi connectivity index (χ4v) is 10.4. The fourth-order valence-electron chi connectivity index (χ4n) is 10.4. The number of hydrogen-bond donors (Lipinski definition) is 1. The summed E-state index contributed by atoms with van der Waals surface area (Å²) in [6.45, 7) is 6.59. The first-order valence-electron chi connectivity index (χ1n) is 18.7. The van der Waals surface area contributed by atoms with E-state index in [1.165, 1.54) is 58.3 Å². The molecular formula is C38H56N2O5. The van der Waals surface area contributed by atoms with Crippen molar-refractivity contribution in [2.45, 2.75) is 153 Å². The molecule has 7 nitrogen and oxygen atoms in total. The van der Waals surface area contributed by atoms with Gasteiger partial charge in [-0.3, -0.25) is 14.5 Å². The molecular weight excluding hydrogens is 564 g/mol. The fraction of sp³-hybridized carbons (Fsp3) is 0.789. The maximum atomic E-state index is 14.2. The normalized spacial score (nSPS) is 30.4. The van der Waals surface area contributed by atoms with Crippen LogP contribution in [0.1, 0.15) is 134 Å². The highest BCUT2D eigenvalue weighted by molar-refractivity contribution is 5.77. The van der Waals surface area contributed by atoms with E-state index in [2.05, 4.69) is 16.7 Å². The highest BCUT2D eigenvalue weighted by Gasteiger charge is 2.67. The number of ether oxygens (including phenoxy) is 2. The van der Waals surface area contributed by atoms with Gasteiger partial charge in [0.25, 0.3) is 0 Å². The number of carbonyl (C=O) groups excluding carboxylic acids is 2. The summed E-state index contributed by atoms with van der Waals surface area (Å²) in [5.74, 6) is 3.18. The zero-order valence-electron chi connectivity index (χ0n) is 27.9. The van der Waals surface area contributed by atoms with E-state index < -0.39 is 5.97 Å². The second kappa shape index (κ2) is 13.1. The van der Waals surface area contributed by atoms with E-state index in [9.17, 15) is 14.7 Å². The maximum absolute atomic E-state index is 14.2. The Bertz CT molecular complexity index is 1260. The molecule has 1 amide bonds. The van der Waals surface area contributed by atoms with Crippen LogP contribution in [-0.4, -0.2) is 64.6 Å². The summed E-state index contributed by atoms with van der Waals surface area (Å²) in [6, 6.07) is 1.97. The first-order valence-corrected chi connectivity index (χ1v) is 18.7. The number of rotatable bonds is 13. The molecule has 248 valence electrons. The van der Waals surface area contributed by atoms with E-state index in [1.807, 2.05) is 0 Å². The average molecular weight is 621 g/mol. The first kappa shape index (κ1) is 31.3. The molecule has 7 heteroatoms. The Morgan fingerprint density at radius 2 is 1.87 bits per heavy atom. The average Bonchev–Trinajstić information content (AvgIpc) is 3.78. The molecule has 45 heavy (non-hydrogen) atoms. The molecule has 1 N–H and O–H groups in total. The van der Waals surface area contributed by atoms with Crippen molar-refractivity contribution in [3.05, 3.63) is 17.2 Å². The van der Waals surface area contributed by atoms with Crippen LogP contribution in [-0.2, 0) is 21.4 Å². The third-order valence-electron chi connectivity index (χ3n) is 12.6. The van der Waals surface area contributed by atoms with Crippen LogP contribution in [0.4, 0.5) is 0 Å². The lowest BCUT2D eigenvalue weighted by molar-refractivity contribution is -0.143. The molecule has 0 unspecified atom stereocenters. The van der Waals surface area contributed by atoms with Crippen molar-refractivity contribution in [3.8, 4) is 17.2 Å². The summed E-state index contributed by atoms with van der Waals surface area (Å²) in [4.78, 5) is 31.3. The lowest BCUT2D eigenvalue weighted by Crippen LogP contribution is -2.69. The number of piperidine rings is 1. The number of phenolic OH excluding ortho intramolecular Hbond substituents is 1. The standard InChI is InChI=1S/C38H56N2O5/c1-3-4-10-20-40(34(43)14-9-8-13-26-11-6-5-7-12-26)30-18-17-29-31-22-28-32(42)23-33(44-25(2)41)36-35(28)38(29,37(30)45-36)19-21-39(31)24-27-15-16-27/h23,26-27,29-31,37,42H,3-22,24H2,1-2H3/t29-,30+,31+,37-,38-/m0/s1. The van der Waals surface area contributed by atoms with Crippen molar-refractivity contribution in [2.75, 3.05) is 19.6 Å². The minimum Gasteiger partial charge on any atom is -0.508 e. The van der Waals surface area contributed by atoms with Crippen LogP contribution >= 0.6 is 0 Å². The predicted octanol–water partition coefficient (Wildman–Crippen LogP) is 7.29. The molecule has 6 aliphatic rings. The van der Waals surface area contributed by atoms with Crippen LogP contribution in [0.15, 0.2) is 6.07 Å². The van der Waals surface area contributed by atoms with E-state index in [-0.39, 0.29) is 29.2 Å². The lowest BCUT2D eigenvalue weighted by atomic mass is 9.50. The van der Waals surface area contributed by atoms with Crippen molar-refractivity contribution in [3.63, 3.8) is 0 Å². The van der Waals surface area contributed by atoms with Gasteiger partial charge in [0.05, 0.1) is 6.04 Å². The molecule has 0 aromatic heterocycles. The van der Waals surface area contributed by atoms with Gasteiger partial charge in [0.1, 0.15) is 11.9 Å². The Morgan fingerprint density at radius 1 is 1.04 bits per heavy atom. The van der Waals surface area contributed by atoms with Gasteiger partial charge in [-0.1, -0.05) is 64.7 Å². The van der Waals surface area contributed by atoms with Crippen molar-refractivity contribution < 1.29 is 24.2 Å². The van der Waals surface area contributed by atoms with Gasteiger partial charge in [0.2, 0.25) is 5.91 Å². The van der Waals surface area contributed by atoms with Crippen LogP contribution in [0.3, 0.4) is 0 Å². The zero-order valence-corrected chi connectivity index (χ0v) is 27.9. The molecule has 2 heterocycles. The topological polar surface area (TPSA) is 79.3 Å². The number of carbonyl (C=O) groups is 2. The van der Waals surface area contributed by atoms with E-state index >= 15 is 0 Å². The summed E-state index contributed by atoms with van der Waals surface area (Å²) >= 11 is 0. The third kappa shape index (κ3) is 5.89. The number of aromatic hydroxyl groups is 1. The highest BCUT2D eigenvalue weighted by atomic mass is 16.6. The number of unbranched alkanes of at least 4 members (excludes halogenated alkanes) is 3.